The van der Waals surface area contributed by atoms with Crippen molar-refractivity contribution in [2.45, 2.75) is 38.6 Å². The molecule has 1 aromatic heterocycles. The lowest BCUT2D eigenvalue weighted by molar-refractivity contribution is -0.118. The molecule has 0 unspecified atom stereocenters. The molecule has 3 nitrogen and oxygen atoms in total. The van der Waals surface area contributed by atoms with Crippen molar-refractivity contribution in [1.29, 1.82) is 0 Å². The minimum atomic E-state index is 0.202. The molecule has 2 aromatic rings. The number of fused-ring (bicyclic) bond motifs is 3. The number of carbonyl (C=O) groups excluding carboxylic acids is 1. The summed E-state index contributed by atoms with van der Waals surface area (Å²) in [5.41, 5.74) is 6.04. The summed E-state index contributed by atoms with van der Waals surface area (Å²) < 4.78 is 0. The van der Waals surface area contributed by atoms with Crippen molar-refractivity contribution in [2.24, 2.45) is 0 Å². The topological polar surface area (TPSA) is 33.2 Å². The van der Waals surface area contributed by atoms with Crippen molar-refractivity contribution < 1.29 is 4.79 Å². The highest BCUT2D eigenvalue weighted by molar-refractivity contribution is 5.96. The molecule has 0 fully saturated rings. The maximum atomic E-state index is 12.5. The van der Waals surface area contributed by atoms with Gasteiger partial charge in [0.05, 0.1) is 13.0 Å². The van der Waals surface area contributed by atoms with E-state index in [0.29, 0.717) is 13.0 Å². The molecule has 1 amide bonds. The van der Waals surface area contributed by atoms with Crippen molar-refractivity contribution in [3.05, 3.63) is 58.9 Å². The Morgan fingerprint density at radius 2 is 1.81 bits per heavy atom. The Kier molecular flexibility index (Phi) is 2.99. The Labute approximate surface area is 124 Å². The summed E-state index contributed by atoms with van der Waals surface area (Å²) in [6.45, 7) is 0.651. The van der Waals surface area contributed by atoms with Crippen molar-refractivity contribution >= 4 is 11.6 Å². The normalized spacial score (nSPS) is 17.3. The zero-order valence-electron chi connectivity index (χ0n) is 12.0. The molecule has 0 N–H and O–H groups in total. The Hall–Kier alpha value is -2.16. The lowest BCUT2D eigenvalue weighted by Gasteiger charge is -2.31. The average molecular weight is 278 g/mol. The van der Waals surface area contributed by atoms with Gasteiger partial charge in [0.1, 0.15) is 0 Å². The molecule has 0 saturated heterocycles. The van der Waals surface area contributed by atoms with Crippen LogP contribution < -0.4 is 4.90 Å². The molecular weight excluding hydrogens is 260 g/mol. The Balaban J connectivity index is 1.74. The van der Waals surface area contributed by atoms with Crippen LogP contribution in [0.2, 0.25) is 0 Å². The van der Waals surface area contributed by atoms with E-state index < -0.39 is 0 Å². The number of hydrogen-bond acceptors (Lipinski definition) is 2. The fourth-order valence-corrected chi connectivity index (χ4v) is 3.49. The summed E-state index contributed by atoms with van der Waals surface area (Å²) >= 11 is 0. The van der Waals surface area contributed by atoms with Gasteiger partial charge in [0.2, 0.25) is 5.91 Å². The third-order valence-corrected chi connectivity index (χ3v) is 4.59. The molecule has 1 aliphatic carbocycles. The predicted molar refractivity (Wildman–Crippen MR) is 82.2 cm³/mol. The number of hydrogen-bond donors (Lipinski definition) is 0. The molecule has 1 aromatic carbocycles. The van der Waals surface area contributed by atoms with Crippen LogP contribution in [-0.2, 0) is 30.6 Å². The van der Waals surface area contributed by atoms with Crippen LogP contribution in [0.15, 0.2) is 36.5 Å². The van der Waals surface area contributed by atoms with E-state index in [-0.39, 0.29) is 5.91 Å². The van der Waals surface area contributed by atoms with Crippen LogP contribution in [0, 0.1) is 0 Å². The quantitative estimate of drug-likeness (QED) is 0.803. The summed E-state index contributed by atoms with van der Waals surface area (Å²) in [6.07, 6.45) is 7.12. The summed E-state index contributed by atoms with van der Waals surface area (Å²) in [5.74, 6) is 0.202. The highest BCUT2D eigenvalue weighted by atomic mass is 16.2. The monoisotopic (exact) mass is 278 g/mol. The smallest absolute Gasteiger partial charge is 0.231 e. The molecule has 21 heavy (non-hydrogen) atoms. The van der Waals surface area contributed by atoms with Crippen molar-refractivity contribution in [3.8, 4) is 0 Å². The number of nitrogens with zero attached hydrogens (tertiary/aromatic N) is 2. The number of para-hydroxylation sites is 1. The number of aromatic nitrogens is 1. The van der Waals surface area contributed by atoms with Gasteiger partial charge in [-0.05, 0) is 54.5 Å². The van der Waals surface area contributed by atoms with Crippen LogP contribution in [-0.4, -0.2) is 10.9 Å². The summed E-state index contributed by atoms with van der Waals surface area (Å²) in [6, 6.07) is 9.92. The minimum absolute atomic E-state index is 0.202. The molecule has 0 radical (unpaired) electrons. The van der Waals surface area contributed by atoms with Crippen LogP contribution in [0.4, 0.5) is 5.69 Å². The SMILES string of the molecule is O=C1Cc2c(cnc3c2CCCC3)CN1c1ccccc1. The van der Waals surface area contributed by atoms with Crippen LogP contribution in [0.5, 0.6) is 0 Å². The van der Waals surface area contributed by atoms with Gasteiger partial charge in [0.25, 0.3) is 0 Å². The summed E-state index contributed by atoms with van der Waals surface area (Å²) in [4.78, 5) is 19.1. The van der Waals surface area contributed by atoms with Crippen LogP contribution in [0.1, 0.15) is 35.2 Å². The standard InChI is InChI=1S/C18H18N2O/c21-18-10-16-13(11-19-17-9-5-4-8-15(16)17)12-20(18)14-6-2-1-3-7-14/h1-3,6-7,11H,4-5,8-10,12H2. The second-order valence-electron chi connectivity index (χ2n) is 5.89. The first kappa shape index (κ1) is 12.6. The van der Waals surface area contributed by atoms with Gasteiger partial charge in [0.15, 0.2) is 0 Å². The first-order chi connectivity index (χ1) is 10.3. The van der Waals surface area contributed by atoms with E-state index in [1.807, 2.05) is 41.4 Å². The first-order valence-electron chi connectivity index (χ1n) is 7.67. The molecule has 106 valence electrons. The first-order valence-corrected chi connectivity index (χ1v) is 7.67. The van der Waals surface area contributed by atoms with E-state index in [2.05, 4.69) is 4.98 Å². The third kappa shape index (κ3) is 2.13. The summed E-state index contributed by atoms with van der Waals surface area (Å²) in [7, 11) is 0. The van der Waals surface area contributed by atoms with Gasteiger partial charge in [-0.1, -0.05) is 18.2 Å². The number of amides is 1. The maximum Gasteiger partial charge on any atom is 0.231 e. The van der Waals surface area contributed by atoms with E-state index in [9.17, 15) is 4.79 Å². The number of anilines is 1. The van der Waals surface area contributed by atoms with Gasteiger partial charge in [-0.15, -0.1) is 0 Å². The molecule has 0 atom stereocenters. The van der Waals surface area contributed by atoms with Gasteiger partial charge in [0, 0.05) is 17.6 Å². The van der Waals surface area contributed by atoms with Crippen molar-refractivity contribution in [2.75, 3.05) is 4.90 Å². The number of aryl methyl sites for hydroxylation is 1. The number of carbonyl (C=O) groups is 1. The largest absolute Gasteiger partial charge is 0.308 e. The fourth-order valence-electron chi connectivity index (χ4n) is 3.49. The van der Waals surface area contributed by atoms with E-state index in [0.717, 1.165) is 18.5 Å². The number of rotatable bonds is 1. The predicted octanol–water partition coefficient (Wildman–Crippen LogP) is 3.05. The second kappa shape index (κ2) is 4.99. The summed E-state index contributed by atoms with van der Waals surface area (Å²) in [5, 5.41) is 0. The minimum Gasteiger partial charge on any atom is -0.308 e. The molecule has 0 saturated carbocycles. The Morgan fingerprint density at radius 3 is 2.67 bits per heavy atom. The van der Waals surface area contributed by atoms with E-state index >= 15 is 0 Å². The zero-order valence-corrected chi connectivity index (χ0v) is 12.0. The van der Waals surface area contributed by atoms with E-state index in [1.165, 1.54) is 35.2 Å². The molecule has 1 aliphatic heterocycles. The van der Waals surface area contributed by atoms with E-state index in [1.54, 1.807) is 0 Å². The Bertz CT molecular complexity index is 694. The molecule has 3 heteroatoms. The second-order valence-corrected chi connectivity index (χ2v) is 5.89. The highest BCUT2D eigenvalue weighted by Gasteiger charge is 2.28. The van der Waals surface area contributed by atoms with Crippen molar-refractivity contribution in [3.63, 3.8) is 0 Å². The lowest BCUT2D eigenvalue weighted by atomic mass is 9.87. The van der Waals surface area contributed by atoms with Crippen LogP contribution >= 0.6 is 0 Å². The molecule has 0 spiro atoms. The Morgan fingerprint density at radius 1 is 1.00 bits per heavy atom. The lowest BCUT2D eigenvalue weighted by Crippen LogP contribution is -2.37. The van der Waals surface area contributed by atoms with Gasteiger partial charge < -0.3 is 4.90 Å². The van der Waals surface area contributed by atoms with E-state index in [4.69, 9.17) is 0 Å². The van der Waals surface area contributed by atoms with Crippen molar-refractivity contribution in [1.82, 2.24) is 4.98 Å². The third-order valence-electron chi connectivity index (χ3n) is 4.59. The van der Waals surface area contributed by atoms with Crippen LogP contribution in [0.25, 0.3) is 0 Å². The average Bonchev–Trinajstić information content (AvgIpc) is 2.55. The highest BCUT2D eigenvalue weighted by Crippen LogP contribution is 2.31. The molecule has 0 bridgehead atoms. The van der Waals surface area contributed by atoms with Gasteiger partial charge in [-0.3, -0.25) is 9.78 Å². The van der Waals surface area contributed by atoms with Crippen LogP contribution in [0.3, 0.4) is 0 Å². The maximum absolute atomic E-state index is 12.5. The molecule has 2 heterocycles. The molecule has 4 rings (SSSR count). The van der Waals surface area contributed by atoms with Gasteiger partial charge in [-0.2, -0.15) is 0 Å². The van der Waals surface area contributed by atoms with Gasteiger partial charge in [-0.25, -0.2) is 0 Å². The molecule has 2 aliphatic rings. The fraction of sp³-hybridized carbons (Fsp3) is 0.333. The zero-order chi connectivity index (χ0) is 14.2. The number of benzene rings is 1. The number of pyridine rings is 1. The molecular formula is C18H18N2O. The van der Waals surface area contributed by atoms with Gasteiger partial charge >= 0.3 is 0 Å².